The van der Waals surface area contributed by atoms with Gasteiger partial charge in [-0.3, -0.25) is 0 Å². The fourth-order valence-electron chi connectivity index (χ4n) is 2.11. The smallest absolute Gasteiger partial charge is 0.0177 e. The Bertz CT molecular complexity index is 157. The van der Waals surface area contributed by atoms with E-state index in [1.807, 2.05) is 0 Å². The molecule has 70 valence electrons. The highest BCUT2D eigenvalue weighted by atomic mass is 14.3. The van der Waals surface area contributed by atoms with E-state index < -0.39 is 0 Å². The molecule has 3 atom stereocenters. The maximum absolute atomic E-state index is 4.10. The van der Waals surface area contributed by atoms with E-state index in [4.69, 9.17) is 0 Å². The first-order valence-electron chi connectivity index (χ1n) is 5.32. The lowest BCUT2D eigenvalue weighted by Gasteiger charge is -2.37. The van der Waals surface area contributed by atoms with Crippen LogP contribution in [0.1, 0.15) is 46.5 Å². The van der Waals surface area contributed by atoms with Crippen LogP contribution in [0.3, 0.4) is 0 Å². The van der Waals surface area contributed by atoms with Crippen molar-refractivity contribution in [1.29, 1.82) is 0 Å². The van der Waals surface area contributed by atoms with Crippen molar-refractivity contribution in [1.82, 2.24) is 0 Å². The van der Waals surface area contributed by atoms with E-state index in [9.17, 15) is 0 Å². The van der Waals surface area contributed by atoms with Crippen molar-refractivity contribution < 1.29 is 0 Å². The van der Waals surface area contributed by atoms with Crippen LogP contribution in [-0.2, 0) is 0 Å². The molecule has 0 bridgehead atoms. The highest BCUT2D eigenvalue weighted by Crippen LogP contribution is 2.41. The van der Waals surface area contributed by atoms with Crippen LogP contribution in [0.15, 0.2) is 12.2 Å². The maximum atomic E-state index is 4.10. The first-order chi connectivity index (χ1) is 5.65. The maximum Gasteiger partial charge on any atom is -0.0177 e. The highest BCUT2D eigenvalue weighted by Gasteiger charge is 2.30. The van der Waals surface area contributed by atoms with E-state index in [2.05, 4.69) is 27.4 Å². The molecule has 0 aromatic heterocycles. The number of hydrogen-bond acceptors (Lipinski definition) is 0. The Kier molecular flexibility index (Phi) is 3.37. The second kappa shape index (κ2) is 4.11. The molecule has 1 aliphatic rings. The second-order valence-electron chi connectivity index (χ2n) is 4.54. The van der Waals surface area contributed by atoms with Crippen molar-refractivity contribution in [2.24, 2.45) is 17.8 Å². The summed E-state index contributed by atoms with van der Waals surface area (Å²) in [4.78, 5) is 0. The lowest BCUT2D eigenvalue weighted by molar-refractivity contribution is 0.264. The number of hydrogen-bond donors (Lipinski definition) is 0. The summed E-state index contributed by atoms with van der Waals surface area (Å²) >= 11 is 0. The molecule has 0 amide bonds. The molecule has 0 N–H and O–H groups in total. The lowest BCUT2D eigenvalue weighted by Crippen LogP contribution is -2.26. The Morgan fingerprint density at radius 1 is 1.58 bits per heavy atom. The molecule has 0 nitrogen and oxygen atoms in total. The van der Waals surface area contributed by atoms with Crippen molar-refractivity contribution in [2.45, 2.75) is 46.5 Å². The van der Waals surface area contributed by atoms with Crippen LogP contribution in [0.25, 0.3) is 0 Å². The largest absolute Gasteiger partial charge is 0.0996 e. The van der Waals surface area contributed by atoms with Gasteiger partial charge in [0.2, 0.25) is 0 Å². The van der Waals surface area contributed by atoms with Crippen LogP contribution < -0.4 is 0 Å². The topological polar surface area (TPSA) is 0 Å². The van der Waals surface area contributed by atoms with Crippen molar-refractivity contribution in [3.05, 3.63) is 12.2 Å². The van der Waals surface area contributed by atoms with Gasteiger partial charge >= 0.3 is 0 Å². The fraction of sp³-hybridized carbons (Fsp3) is 0.833. The fourth-order valence-corrected chi connectivity index (χ4v) is 2.11. The third kappa shape index (κ3) is 2.12. The summed E-state index contributed by atoms with van der Waals surface area (Å²) in [6.07, 6.45) is 5.39. The molecule has 1 aliphatic carbocycles. The minimum absolute atomic E-state index is 0.860. The van der Waals surface area contributed by atoms with Crippen LogP contribution in [0.5, 0.6) is 0 Å². The quantitative estimate of drug-likeness (QED) is 0.553. The standard InChI is InChI=1S/C12H22/c1-5-9(2)6-7-12-10(3)8-11(12)4/h9,11-12H,3,5-8H2,1-2,4H3. The zero-order chi connectivity index (χ0) is 9.14. The van der Waals surface area contributed by atoms with Gasteiger partial charge in [-0.1, -0.05) is 45.8 Å². The van der Waals surface area contributed by atoms with Gasteiger partial charge in [-0.25, -0.2) is 0 Å². The molecule has 1 saturated carbocycles. The molecule has 0 radical (unpaired) electrons. The Morgan fingerprint density at radius 3 is 2.67 bits per heavy atom. The van der Waals surface area contributed by atoms with Gasteiger partial charge < -0.3 is 0 Å². The van der Waals surface area contributed by atoms with Gasteiger partial charge in [-0.15, -0.1) is 0 Å². The van der Waals surface area contributed by atoms with Crippen molar-refractivity contribution >= 4 is 0 Å². The number of rotatable bonds is 4. The van der Waals surface area contributed by atoms with Crippen LogP contribution >= 0.6 is 0 Å². The van der Waals surface area contributed by atoms with Crippen molar-refractivity contribution in [3.8, 4) is 0 Å². The molecule has 0 saturated heterocycles. The van der Waals surface area contributed by atoms with Gasteiger partial charge in [0, 0.05) is 0 Å². The van der Waals surface area contributed by atoms with Gasteiger partial charge in [-0.2, -0.15) is 0 Å². The Balaban J connectivity index is 2.18. The zero-order valence-corrected chi connectivity index (χ0v) is 8.77. The Morgan fingerprint density at radius 2 is 2.25 bits per heavy atom. The molecule has 0 aromatic carbocycles. The Hall–Kier alpha value is -0.260. The molecule has 0 aliphatic heterocycles. The predicted octanol–water partition coefficient (Wildman–Crippen LogP) is 4.02. The minimum Gasteiger partial charge on any atom is -0.0996 e. The molecule has 0 heteroatoms. The monoisotopic (exact) mass is 166 g/mol. The molecule has 12 heavy (non-hydrogen) atoms. The van der Waals surface area contributed by atoms with Gasteiger partial charge in [0.15, 0.2) is 0 Å². The Labute approximate surface area is 77.1 Å². The van der Waals surface area contributed by atoms with E-state index in [1.54, 1.807) is 0 Å². The summed E-state index contributed by atoms with van der Waals surface area (Å²) in [5.74, 6) is 2.69. The average Bonchev–Trinajstić information content (AvgIpc) is 2.04. The average molecular weight is 166 g/mol. The summed E-state index contributed by atoms with van der Waals surface area (Å²) in [7, 11) is 0. The van der Waals surface area contributed by atoms with E-state index in [0.29, 0.717) is 0 Å². The van der Waals surface area contributed by atoms with Crippen molar-refractivity contribution in [2.75, 3.05) is 0 Å². The normalized spacial score (nSPS) is 31.4. The van der Waals surface area contributed by atoms with Crippen LogP contribution in [0.2, 0.25) is 0 Å². The van der Waals surface area contributed by atoms with Crippen LogP contribution in [-0.4, -0.2) is 0 Å². The van der Waals surface area contributed by atoms with Crippen LogP contribution in [0, 0.1) is 17.8 Å². The summed E-state index contributed by atoms with van der Waals surface area (Å²) in [5, 5.41) is 0. The molecule has 1 rings (SSSR count). The van der Waals surface area contributed by atoms with Crippen LogP contribution in [0.4, 0.5) is 0 Å². The molecule has 0 heterocycles. The van der Waals surface area contributed by atoms with E-state index in [0.717, 1.165) is 17.8 Å². The van der Waals surface area contributed by atoms with Gasteiger partial charge in [0.1, 0.15) is 0 Å². The van der Waals surface area contributed by atoms with E-state index >= 15 is 0 Å². The molecular weight excluding hydrogens is 144 g/mol. The van der Waals surface area contributed by atoms with E-state index in [1.165, 1.54) is 31.3 Å². The van der Waals surface area contributed by atoms with Gasteiger partial charge in [-0.05, 0) is 30.6 Å². The summed E-state index contributed by atoms with van der Waals surface area (Å²) < 4.78 is 0. The summed E-state index contributed by atoms with van der Waals surface area (Å²) in [6.45, 7) is 11.1. The van der Waals surface area contributed by atoms with E-state index in [-0.39, 0.29) is 0 Å². The molecular formula is C12H22. The molecule has 0 spiro atoms. The second-order valence-corrected chi connectivity index (χ2v) is 4.54. The SMILES string of the molecule is C=C1CC(C)C1CCC(C)CC. The minimum atomic E-state index is 0.860. The number of allylic oxidation sites excluding steroid dienone is 1. The molecule has 1 fully saturated rings. The summed E-state index contributed by atoms with van der Waals surface area (Å²) in [6, 6.07) is 0. The van der Waals surface area contributed by atoms with Crippen molar-refractivity contribution in [3.63, 3.8) is 0 Å². The first-order valence-corrected chi connectivity index (χ1v) is 5.32. The zero-order valence-electron chi connectivity index (χ0n) is 8.77. The third-order valence-corrected chi connectivity index (χ3v) is 3.46. The highest BCUT2D eigenvalue weighted by molar-refractivity contribution is 5.13. The molecule has 0 aromatic rings. The summed E-state index contributed by atoms with van der Waals surface area (Å²) in [5.41, 5.74) is 1.51. The van der Waals surface area contributed by atoms with Gasteiger partial charge in [0.05, 0.1) is 0 Å². The third-order valence-electron chi connectivity index (χ3n) is 3.46. The molecule has 3 unspecified atom stereocenters. The first kappa shape index (κ1) is 9.83. The predicted molar refractivity (Wildman–Crippen MR) is 55.1 cm³/mol. The van der Waals surface area contributed by atoms with Gasteiger partial charge in [0.25, 0.3) is 0 Å². The lowest BCUT2D eigenvalue weighted by atomic mass is 9.68.